The highest BCUT2D eigenvalue weighted by Crippen LogP contribution is 2.25. The molecule has 2 N–H and O–H groups in total. The summed E-state index contributed by atoms with van der Waals surface area (Å²) < 4.78 is 11.1. The number of guanidine groups is 1. The number of aliphatic imine (C=N–C) groups is 1. The summed E-state index contributed by atoms with van der Waals surface area (Å²) in [7, 11) is 0. The van der Waals surface area contributed by atoms with Gasteiger partial charge in [-0.05, 0) is 57.8 Å². The number of hydrogen-bond acceptors (Lipinski definition) is 4. The summed E-state index contributed by atoms with van der Waals surface area (Å²) in [6.07, 6.45) is 9.91. The first-order chi connectivity index (χ1) is 13.4. The maximum Gasteiger partial charge on any atom is 0.191 e. The monoisotopic (exact) mass is 502 g/mol. The van der Waals surface area contributed by atoms with Crippen LogP contribution in [0.5, 0.6) is 0 Å². The molecule has 0 saturated carbocycles. The van der Waals surface area contributed by atoms with Crippen molar-refractivity contribution in [1.29, 1.82) is 0 Å². The molecule has 1 atom stereocenters. The maximum absolute atomic E-state index is 5.73. The molecule has 0 spiro atoms. The van der Waals surface area contributed by atoms with Gasteiger partial charge < -0.3 is 19.8 Å². The predicted octanol–water partition coefficient (Wildman–Crippen LogP) is 3.72. The van der Waals surface area contributed by atoms with Crippen molar-refractivity contribution in [3.63, 3.8) is 0 Å². The topological polar surface area (TPSA) is 62.0 Å². The quantitative estimate of drug-likeness (QED) is 0.246. The zero-order valence-corrected chi connectivity index (χ0v) is 19.3. The Balaban J connectivity index is 0.00000280. The molecule has 158 valence electrons. The van der Waals surface area contributed by atoms with Gasteiger partial charge in [0.1, 0.15) is 5.76 Å². The number of piperidine rings is 1. The normalized spacial score (nSPS) is 19.5. The molecular formula is C21H35IN4O2. The molecule has 1 aromatic rings. The van der Waals surface area contributed by atoms with Gasteiger partial charge in [0.15, 0.2) is 5.96 Å². The number of likely N-dealkylation sites (tertiary alicyclic amines) is 1. The van der Waals surface area contributed by atoms with E-state index >= 15 is 0 Å². The van der Waals surface area contributed by atoms with Crippen LogP contribution in [0.2, 0.25) is 0 Å². The first-order valence-corrected chi connectivity index (χ1v) is 10.4. The zero-order chi connectivity index (χ0) is 18.7. The maximum atomic E-state index is 5.73. The van der Waals surface area contributed by atoms with Crippen LogP contribution in [0, 0.1) is 0 Å². The standard InChI is InChI=1S/C21H34N4O2.HI/c1-2-22-21(23-11-8-18-9-15-26-16-10-18)24-17-19(20-7-6-14-27-20)25-12-4-3-5-13-25;/h6-7,9,14,19H,2-5,8,10-13,15-17H2,1H3,(H2,22,23,24);1H. The summed E-state index contributed by atoms with van der Waals surface area (Å²) in [6, 6.07) is 4.27. The number of halogens is 1. The Labute approximate surface area is 186 Å². The Hall–Kier alpha value is -1.06. The van der Waals surface area contributed by atoms with Gasteiger partial charge >= 0.3 is 0 Å². The van der Waals surface area contributed by atoms with Crippen LogP contribution < -0.4 is 10.6 Å². The van der Waals surface area contributed by atoms with E-state index in [1.807, 2.05) is 6.07 Å². The number of hydrogen-bond donors (Lipinski definition) is 2. The second-order valence-corrected chi connectivity index (χ2v) is 7.21. The summed E-state index contributed by atoms with van der Waals surface area (Å²) in [5.41, 5.74) is 1.48. The zero-order valence-electron chi connectivity index (χ0n) is 17.0. The Bertz CT molecular complexity index is 598. The van der Waals surface area contributed by atoms with E-state index in [1.54, 1.807) is 6.26 Å². The average molecular weight is 502 g/mol. The molecule has 0 bridgehead atoms. The first kappa shape index (κ1) is 23.2. The van der Waals surface area contributed by atoms with Crippen LogP contribution in [-0.2, 0) is 4.74 Å². The summed E-state index contributed by atoms with van der Waals surface area (Å²) in [5, 5.41) is 6.85. The highest BCUT2D eigenvalue weighted by molar-refractivity contribution is 14.0. The van der Waals surface area contributed by atoms with Crippen LogP contribution in [0.4, 0.5) is 0 Å². The Morgan fingerprint density at radius 1 is 1.25 bits per heavy atom. The second kappa shape index (κ2) is 13.2. The second-order valence-electron chi connectivity index (χ2n) is 7.21. The van der Waals surface area contributed by atoms with Gasteiger partial charge in [-0.25, -0.2) is 0 Å². The van der Waals surface area contributed by atoms with Crippen molar-refractivity contribution in [2.45, 2.75) is 45.1 Å². The van der Waals surface area contributed by atoms with E-state index in [0.29, 0.717) is 6.54 Å². The highest BCUT2D eigenvalue weighted by atomic mass is 127. The summed E-state index contributed by atoms with van der Waals surface area (Å²) in [5.74, 6) is 1.91. The molecule has 1 aromatic heterocycles. The lowest BCUT2D eigenvalue weighted by atomic mass is 10.1. The number of ether oxygens (including phenoxy) is 1. The molecule has 28 heavy (non-hydrogen) atoms. The molecule has 2 aliphatic heterocycles. The fourth-order valence-corrected chi connectivity index (χ4v) is 3.75. The predicted molar refractivity (Wildman–Crippen MR) is 124 cm³/mol. The van der Waals surface area contributed by atoms with E-state index in [-0.39, 0.29) is 30.0 Å². The van der Waals surface area contributed by atoms with E-state index in [0.717, 1.165) is 64.0 Å². The van der Waals surface area contributed by atoms with E-state index in [1.165, 1.54) is 24.8 Å². The smallest absolute Gasteiger partial charge is 0.191 e. The molecule has 0 aromatic carbocycles. The van der Waals surface area contributed by atoms with Crippen LogP contribution in [0.3, 0.4) is 0 Å². The minimum absolute atomic E-state index is 0. The molecule has 1 unspecified atom stereocenters. The van der Waals surface area contributed by atoms with Crippen LogP contribution in [0.15, 0.2) is 39.5 Å². The molecule has 7 heteroatoms. The third kappa shape index (κ3) is 7.40. The van der Waals surface area contributed by atoms with Gasteiger partial charge in [-0.2, -0.15) is 0 Å². The van der Waals surface area contributed by atoms with Crippen LogP contribution in [-0.4, -0.2) is 56.8 Å². The van der Waals surface area contributed by atoms with Gasteiger partial charge in [0, 0.05) is 13.1 Å². The number of rotatable bonds is 8. The number of nitrogens with one attached hydrogen (secondary N) is 2. The van der Waals surface area contributed by atoms with Crippen molar-refractivity contribution in [1.82, 2.24) is 15.5 Å². The molecular weight excluding hydrogens is 467 g/mol. The van der Waals surface area contributed by atoms with Gasteiger partial charge in [0.25, 0.3) is 0 Å². The van der Waals surface area contributed by atoms with Crippen molar-refractivity contribution in [2.24, 2.45) is 4.99 Å². The summed E-state index contributed by atoms with van der Waals surface area (Å²) in [4.78, 5) is 7.39. The number of nitrogens with zero attached hydrogens (tertiary/aromatic N) is 2. The van der Waals surface area contributed by atoms with Gasteiger partial charge in [0.2, 0.25) is 0 Å². The first-order valence-electron chi connectivity index (χ1n) is 10.4. The average Bonchev–Trinajstić information content (AvgIpc) is 3.24. The van der Waals surface area contributed by atoms with Gasteiger partial charge in [0.05, 0.1) is 32.1 Å². The molecule has 3 heterocycles. The Kier molecular flexibility index (Phi) is 11.0. The molecule has 3 rings (SSSR count). The SMILES string of the molecule is CCNC(=NCC(c1ccco1)N1CCCCC1)NCCC1=CCOCC1.I. The minimum atomic E-state index is 0. The molecule has 0 radical (unpaired) electrons. The van der Waals surface area contributed by atoms with E-state index in [2.05, 4.69) is 34.6 Å². The van der Waals surface area contributed by atoms with Crippen molar-refractivity contribution in [3.05, 3.63) is 35.8 Å². The largest absolute Gasteiger partial charge is 0.468 e. The van der Waals surface area contributed by atoms with E-state index < -0.39 is 0 Å². The summed E-state index contributed by atoms with van der Waals surface area (Å²) >= 11 is 0. The van der Waals surface area contributed by atoms with Gasteiger partial charge in [-0.3, -0.25) is 9.89 Å². The third-order valence-corrected chi connectivity index (χ3v) is 5.27. The molecule has 0 amide bonds. The van der Waals surface area contributed by atoms with Gasteiger partial charge in [-0.1, -0.05) is 18.1 Å². The van der Waals surface area contributed by atoms with Crippen molar-refractivity contribution in [2.75, 3.05) is 45.9 Å². The van der Waals surface area contributed by atoms with Crippen LogP contribution in [0.1, 0.15) is 50.8 Å². The Morgan fingerprint density at radius 2 is 2.11 bits per heavy atom. The molecule has 0 aliphatic carbocycles. The minimum Gasteiger partial charge on any atom is -0.468 e. The van der Waals surface area contributed by atoms with Crippen LogP contribution in [0.25, 0.3) is 0 Å². The Morgan fingerprint density at radius 3 is 2.79 bits per heavy atom. The fourth-order valence-electron chi connectivity index (χ4n) is 3.75. The molecule has 1 fully saturated rings. The number of furan rings is 1. The molecule has 6 nitrogen and oxygen atoms in total. The summed E-state index contributed by atoms with van der Waals surface area (Å²) in [6.45, 7) is 8.42. The van der Waals surface area contributed by atoms with Crippen molar-refractivity contribution >= 4 is 29.9 Å². The van der Waals surface area contributed by atoms with Gasteiger partial charge in [-0.15, -0.1) is 24.0 Å². The van der Waals surface area contributed by atoms with E-state index in [4.69, 9.17) is 14.1 Å². The third-order valence-electron chi connectivity index (χ3n) is 5.27. The van der Waals surface area contributed by atoms with E-state index in [9.17, 15) is 0 Å². The fraction of sp³-hybridized carbons (Fsp3) is 0.667. The lowest BCUT2D eigenvalue weighted by Gasteiger charge is -2.32. The molecule has 1 saturated heterocycles. The van der Waals surface area contributed by atoms with Crippen molar-refractivity contribution < 1.29 is 9.15 Å². The van der Waals surface area contributed by atoms with Crippen molar-refractivity contribution in [3.8, 4) is 0 Å². The lowest BCUT2D eigenvalue weighted by molar-refractivity contribution is 0.150. The van der Waals surface area contributed by atoms with Crippen LogP contribution >= 0.6 is 24.0 Å². The highest BCUT2D eigenvalue weighted by Gasteiger charge is 2.24. The lowest BCUT2D eigenvalue weighted by Crippen LogP contribution is -2.40. The molecule has 2 aliphatic rings.